The van der Waals surface area contributed by atoms with Crippen LogP contribution in [0.25, 0.3) is 32.9 Å². The van der Waals surface area contributed by atoms with E-state index < -0.39 is 5.82 Å². The van der Waals surface area contributed by atoms with E-state index in [2.05, 4.69) is 22.3 Å². The Bertz CT molecular complexity index is 2060. The van der Waals surface area contributed by atoms with Crippen LogP contribution >= 0.6 is 11.6 Å². The number of terminal acetylenes is 1. The monoisotopic (exact) mass is 650 g/mol. The first-order valence-corrected chi connectivity index (χ1v) is 16.9. The molecule has 4 atom stereocenters. The molecular weight excluding hydrogens is 615 g/mol. The standard InChI is InChI=1S/C37H36ClFN6O2/c1-4-24-28(39)6-5-22-13-23(40)14-25(29(22)24)31-21(3)32-26(16-41-31)34(45-11-12-46-18-27-30(38)33(27)45)43-35(42-32)47-19-37-15-20(2)17-44(37)10-9-36(37)7-8-36/h1,5-6,13-14,16,27,30,33H,2,7-12,15,17-19,40H2,3H3/t27-,30-,33-,37-/m0/s1. The molecule has 10 heteroatoms. The van der Waals surface area contributed by atoms with Gasteiger partial charge in [-0.1, -0.05) is 24.1 Å². The number of pyridine rings is 1. The zero-order valence-corrected chi connectivity index (χ0v) is 27.1. The van der Waals surface area contributed by atoms with Gasteiger partial charge in [-0.25, -0.2) is 4.39 Å². The molecule has 3 aliphatic heterocycles. The van der Waals surface area contributed by atoms with Gasteiger partial charge in [-0.05, 0) is 68.2 Å². The van der Waals surface area contributed by atoms with Crippen molar-refractivity contribution >= 4 is 44.8 Å². The minimum Gasteiger partial charge on any atom is -0.461 e. The summed E-state index contributed by atoms with van der Waals surface area (Å²) in [5, 5.41) is 2.10. The number of benzene rings is 2. The second kappa shape index (κ2) is 10.3. The number of aryl methyl sites for hydroxylation is 1. The lowest BCUT2D eigenvalue weighted by Gasteiger charge is -2.37. The van der Waals surface area contributed by atoms with Gasteiger partial charge in [0.1, 0.15) is 18.2 Å². The summed E-state index contributed by atoms with van der Waals surface area (Å²) in [6.07, 6.45) is 12.2. The van der Waals surface area contributed by atoms with Crippen molar-refractivity contribution in [3.8, 4) is 29.6 Å². The predicted octanol–water partition coefficient (Wildman–Crippen LogP) is 5.86. The number of halogens is 2. The highest BCUT2D eigenvalue weighted by Crippen LogP contribution is 2.66. The quantitative estimate of drug-likeness (QED) is 0.124. The van der Waals surface area contributed by atoms with E-state index in [-0.39, 0.29) is 33.9 Å². The van der Waals surface area contributed by atoms with E-state index in [4.69, 9.17) is 48.2 Å². The minimum atomic E-state index is -0.467. The fourth-order valence-electron chi connectivity index (χ4n) is 8.96. The number of nitrogen functional groups attached to an aromatic ring is 1. The summed E-state index contributed by atoms with van der Waals surface area (Å²) in [4.78, 5) is 19.9. The topological polar surface area (TPSA) is 89.6 Å². The van der Waals surface area contributed by atoms with Gasteiger partial charge in [-0.2, -0.15) is 9.97 Å². The number of rotatable bonds is 5. The first-order chi connectivity index (χ1) is 22.7. The third kappa shape index (κ3) is 4.24. The molecule has 0 radical (unpaired) electrons. The Morgan fingerprint density at radius 2 is 2.09 bits per heavy atom. The number of hydrogen-bond acceptors (Lipinski definition) is 8. The van der Waals surface area contributed by atoms with Crippen LogP contribution in [0.15, 0.2) is 42.6 Å². The summed E-state index contributed by atoms with van der Waals surface area (Å²) < 4.78 is 27.6. The molecule has 1 spiro atoms. The van der Waals surface area contributed by atoms with Gasteiger partial charge in [-0.15, -0.1) is 18.0 Å². The fourth-order valence-corrected chi connectivity index (χ4v) is 9.42. The van der Waals surface area contributed by atoms with Gasteiger partial charge >= 0.3 is 6.01 Å². The van der Waals surface area contributed by atoms with Gasteiger partial charge in [0, 0.05) is 47.4 Å². The lowest BCUT2D eigenvalue weighted by atomic mass is 9.80. The Balaban J connectivity index is 1.21. The van der Waals surface area contributed by atoms with Crippen molar-refractivity contribution in [2.24, 2.45) is 11.3 Å². The molecule has 240 valence electrons. The predicted molar refractivity (Wildman–Crippen MR) is 182 cm³/mol. The minimum absolute atomic E-state index is 0.0288. The molecule has 5 heterocycles. The third-order valence-electron chi connectivity index (χ3n) is 11.6. The van der Waals surface area contributed by atoms with Crippen LogP contribution in [0, 0.1) is 36.4 Å². The number of alkyl halides is 1. The molecule has 9 rings (SSSR count). The van der Waals surface area contributed by atoms with Crippen molar-refractivity contribution in [2.75, 3.05) is 50.1 Å². The lowest BCUT2D eigenvalue weighted by molar-refractivity contribution is 0.0649. The molecule has 8 nitrogen and oxygen atoms in total. The summed E-state index contributed by atoms with van der Waals surface area (Å²) >= 11 is 6.79. The maximum Gasteiger partial charge on any atom is 0.319 e. The first kappa shape index (κ1) is 29.2. The van der Waals surface area contributed by atoms with Crippen LogP contribution in [0.1, 0.15) is 36.8 Å². The van der Waals surface area contributed by atoms with E-state index in [0.717, 1.165) is 41.7 Å². The van der Waals surface area contributed by atoms with Crippen LogP contribution in [0.2, 0.25) is 0 Å². The molecule has 0 unspecified atom stereocenters. The Labute approximate surface area is 278 Å². The lowest BCUT2D eigenvalue weighted by Crippen LogP contribution is -2.49. The Hall–Kier alpha value is -3.97. The average Bonchev–Trinajstić information content (AvgIpc) is 3.93. The molecule has 3 saturated heterocycles. The van der Waals surface area contributed by atoms with Gasteiger partial charge in [0.05, 0.1) is 52.3 Å². The van der Waals surface area contributed by atoms with E-state index >= 15 is 4.39 Å². The van der Waals surface area contributed by atoms with Crippen molar-refractivity contribution in [2.45, 2.75) is 49.6 Å². The molecule has 2 saturated carbocycles. The Kier molecular flexibility index (Phi) is 6.37. The molecular formula is C37H36ClFN6O2. The second-order valence-electron chi connectivity index (χ2n) is 14.1. The van der Waals surface area contributed by atoms with E-state index in [1.165, 1.54) is 30.9 Å². The first-order valence-electron chi connectivity index (χ1n) is 16.4. The van der Waals surface area contributed by atoms with Gasteiger partial charge in [-0.3, -0.25) is 9.88 Å². The van der Waals surface area contributed by atoms with Crippen LogP contribution in [0.4, 0.5) is 15.9 Å². The van der Waals surface area contributed by atoms with Crippen molar-refractivity contribution < 1.29 is 13.9 Å². The third-order valence-corrected chi connectivity index (χ3v) is 12.2. The number of aromatic nitrogens is 3. The van der Waals surface area contributed by atoms with Gasteiger partial charge in [0.25, 0.3) is 0 Å². The van der Waals surface area contributed by atoms with Crippen LogP contribution in [0.5, 0.6) is 6.01 Å². The average molecular weight is 651 g/mol. The number of anilines is 2. The number of ether oxygens (including phenoxy) is 2. The van der Waals surface area contributed by atoms with E-state index in [1.807, 2.05) is 6.92 Å². The number of nitrogens with zero attached hydrogens (tertiary/aromatic N) is 5. The highest BCUT2D eigenvalue weighted by molar-refractivity contribution is 6.24. The molecule has 2 aromatic carbocycles. The molecule has 2 N–H and O–H groups in total. The molecule has 0 bridgehead atoms. The van der Waals surface area contributed by atoms with Crippen molar-refractivity contribution in [1.29, 1.82) is 0 Å². The molecule has 47 heavy (non-hydrogen) atoms. The van der Waals surface area contributed by atoms with Crippen LogP contribution in [-0.4, -0.2) is 76.3 Å². The molecule has 5 aliphatic rings. The number of nitrogens with two attached hydrogens (primary N) is 1. The van der Waals surface area contributed by atoms with Crippen molar-refractivity contribution in [3.05, 3.63) is 59.6 Å². The Morgan fingerprint density at radius 1 is 1.23 bits per heavy atom. The summed E-state index contributed by atoms with van der Waals surface area (Å²) in [6.45, 7) is 10.7. The van der Waals surface area contributed by atoms with E-state index in [1.54, 1.807) is 24.4 Å². The van der Waals surface area contributed by atoms with Crippen molar-refractivity contribution in [3.63, 3.8) is 0 Å². The van der Waals surface area contributed by atoms with Crippen LogP contribution < -0.4 is 15.4 Å². The second-order valence-corrected chi connectivity index (χ2v) is 14.6. The highest BCUT2D eigenvalue weighted by atomic mass is 35.5. The Morgan fingerprint density at radius 3 is 2.89 bits per heavy atom. The zero-order valence-electron chi connectivity index (χ0n) is 26.4. The molecule has 5 fully saturated rings. The SMILES string of the molecule is C#Cc1c(F)ccc2cc(N)cc(-c3ncc4c(N5CCOC[C@H]6[C@H](Cl)[C@H]65)nc(OC[C@]56CC(=C)CN5CCC65CC5)nc4c3C)c12. The molecule has 2 aliphatic carbocycles. The fraction of sp³-hybridized carbons (Fsp3) is 0.432. The summed E-state index contributed by atoms with van der Waals surface area (Å²) in [6, 6.07) is 7.09. The van der Waals surface area contributed by atoms with Gasteiger partial charge in [0.2, 0.25) is 0 Å². The summed E-state index contributed by atoms with van der Waals surface area (Å²) in [7, 11) is 0. The maximum absolute atomic E-state index is 15.0. The smallest absolute Gasteiger partial charge is 0.319 e. The molecule has 2 aromatic heterocycles. The number of fused-ring (bicyclic) bond motifs is 5. The number of hydrogen-bond donors (Lipinski definition) is 1. The van der Waals surface area contributed by atoms with E-state index in [9.17, 15) is 0 Å². The summed E-state index contributed by atoms with van der Waals surface area (Å²) in [5.74, 6) is 3.05. The van der Waals surface area contributed by atoms with Gasteiger partial charge in [0.15, 0.2) is 0 Å². The van der Waals surface area contributed by atoms with Crippen molar-refractivity contribution in [1.82, 2.24) is 19.9 Å². The van der Waals surface area contributed by atoms with Crippen LogP contribution in [0.3, 0.4) is 0 Å². The molecule has 4 aromatic rings. The van der Waals surface area contributed by atoms with Crippen LogP contribution in [-0.2, 0) is 4.74 Å². The normalized spacial score (nSPS) is 27.6. The maximum atomic E-state index is 15.0. The van der Waals surface area contributed by atoms with Gasteiger partial charge < -0.3 is 20.1 Å². The molecule has 0 amide bonds. The highest BCUT2D eigenvalue weighted by Gasteiger charge is 2.67. The van der Waals surface area contributed by atoms with E-state index in [0.29, 0.717) is 60.2 Å². The summed E-state index contributed by atoms with van der Waals surface area (Å²) in [5.41, 5.74) is 11.3. The zero-order chi connectivity index (χ0) is 32.2. The largest absolute Gasteiger partial charge is 0.461 e.